The smallest absolute Gasteiger partial charge is 0.221 e. The van der Waals surface area contributed by atoms with Crippen molar-refractivity contribution in [2.45, 2.75) is 50.2 Å². The van der Waals surface area contributed by atoms with Gasteiger partial charge in [0.25, 0.3) is 0 Å². The van der Waals surface area contributed by atoms with Crippen LogP contribution in [0.5, 0.6) is 0 Å². The lowest BCUT2D eigenvalue weighted by molar-refractivity contribution is -0.122. The number of benzene rings is 1. The number of nitrogens with zero attached hydrogens (tertiary/aromatic N) is 1. The maximum Gasteiger partial charge on any atom is 0.221 e. The van der Waals surface area contributed by atoms with Crippen LogP contribution in [0.15, 0.2) is 54.9 Å². The molecule has 0 aliphatic carbocycles. The van der Waals surface area contributed by atoms with E-state index in [2.05, 4.69) is 27.8 Å². The molecule has 3 atom stereocenters. The van der Waals surface area contributed by atoms with E-state index in [0.717, 1.165) is 24.0 Å². The number of fused-ring (bicyclic) bond motifs is 2. The molecule has 2 aliphatic rings. The van der Waals surface area contributed by atoms with Gasteiger partial charge in [-0.3, -0.25) is 9.78 Å². The zero-order valence-corrected chi connectivity index (χ0v) is 14.4. The van der Waals surface area contributed by atoms with Crippen molar-refractivity contribution in [3.8, 4) is 0 Å². The Morgan fingerprint density at radius 2 is 1.80 bits per heavy atom. The van der Waals surface area contributed by atoms with Crippen molar-refractivity contribution < 1.29 is 4.79 Å². The maximum absolute atomic E-state index is 12.8. The molecule has 3 unspecified atom stereocenters. The lowest BCUT2D eigenvalue weighted by Crippen LogP contribution is -2.40. The molecule has 2 aliphatic heterocycles. The molecule has 0 radical (unpaired) electrons. The summed E-state index contributed by atoms with van der Waals surface area (Å²) in [5.74, 6) is 0.646. The van der Waals surface area contributed by atoms with Crippen molar-refractivity contribution in [2.24, 2.45) is 5.92 Å². The Balaban J connectivity index is 1.46. The maximum atomic E-state index is 12.8. The highest BCUT2D eigenvalue weighted by atomic mass is 16.1. The summed E-state index contributed by atoms with van der Waals surface area (Å²) in [5, 5.41) is 6.89. The minimum Gasteiger partial charge on any atom is -0.345 e. The molecule has 4 heteroatoms. The van der Waals surface area contributed by atoms with E-state index < -0.39 is 0 Å². The first-order valence-electron chi connectivity index (χ1n) is 9.28. The number of carbonyl (C=O) groups is 1. The minimum atomic E-state index is -0.138. The molecular weight excluding hydrogens is 310 g/mol. The fraction of sp³-hybridized carbons (Fsp3) is 0.429. The van der Waals surface area contributed by atoms with Gasteiger partial charge < -0.3 is 10.6 Å². The summed E-state index contributed by atoms with van der Waals surface area (Å²) in [6, 6.07) is 15.2. The quantitative estimate of drug-likeness (QED) is 0.882. The molecule has 4 nitrogen and oxygen atoms in total. The summed E-state index contributed by atoms with van der Waals surface area (Å²) in [6.07, 6.45) is 9.02. The minimum absolute atomic E-state index is 0.138. The van der Waals surface area contributed by atoms with Crippen molar-refractivity contribution >= 4 is 5.91 Å². The number of amides is 1. The predicted molar refractivity (Wildman–Crippen MR) is 98.0 cm³/mol. The van der Waals surface area contributed by atoms with Crippen molar-refractivity contribution in [2.75, 3.05) is 0 Å². The number of rotatable bonds is 5. The molecule has 130 valence electrons. The van der Waals surface area contributed by atoms with Crippen LogP contribution in [0, 0.1) is 5.92 Å². The molecule has 1 amide bonds. The normalized spacial score (nSPS) is 26.2. The van der Waals surface area contributed by atoms with Crippen LogP contribution < -0.4 is 10.6 Å². The number of carbonyl (C=O) groups excluding carboxylic acids is 1. The fourth-order valence-electron chi connectivity index (χ4n) is 4.38. The SMILES string of the molecule is O=C(CC1CC2CCC(C1)N2)NC(c1ccccc1)c1cccnc1. The molecule has 0 saturated carbocycles. The highest BCUT2D eigenvalue weighted by Gasteiger charge is 2.34. The number of aromatic nitrogens is 1. The van der Waals surface area contributed by atoms with Gasteiger partial charge in [0.15, 0.2) is 0 Å². The van der Waals surface area contributed by atoms with E-state index in [1.165, 1.54) is 12.8 Å². The van der Waals surface area contributed by atoms with Crippen molar-refractivity contribution in [1.29, 1.82) is 0 Å². The monoisotopic (exact) mass is 335 g/mol. The Hall–Kier alpha value is -2.20. The molecule has 2 fully saturated rings. The van der Waals surface area contributed by atoms with Crippen LogP contribution >= 0.6 is 0 Å². The molecule has 1 aromatic carbocycles. The Labute approximate surface area is 149 Å². The van der Waals surface area contributed by atoms with Gasteiger partial charge in [0.05, 0.1) is 6.04 Å². The fourth-order valence-corrected chi connectivity index (χ4v) is 4.38. The number of hydrogen-bond donors (Lipinski definition) is 2. The average Bonchev–Trinajstić information content (AvgIpc) is 2.99. The summed E-state index contributed by atoms with van der Waals surface area (Å²) in [7, 11) is 0. The predicted octanol–water partition coefficient (Wildman–Crippen LogP) is 3.21. The second kappa shape index (κ2) is 7.36. The average molecular weight is 335 g/mol. The second-order valence-corrected chi connectivity index (χ2v) is 7.38. The van der Waals surface area contributed by atoms with E-state index in [9.17, 15) is 4.79 Å². The molecule has 2 bridgehead atoms. The third-order valence-corrected chi connectivity index (χ3v) is 5.50. The molecule has 2 aromatic rings. The first-order chi connectivity index (χ1) is 12.3. The topological polar surface area (TPSA) is 54.0 Å². The van der Waals surface area contributed by atoms with Gasteiger partial charge in [0, 0.05) is 30.9 Å². The standard InChI is InChI=1S/C21H25N3O/c25-20(13-15-11-18-8-9-19(12-15)23-18)24-21(16-5-2-1-3-6-16)17-7-4-10-22-14-17/h1-7,10,14-15,18-19,21,23H,8-9,11-13H2,(H,24,25). The van der Waals surface area contributed by atoms with Gasteiger partial charge >= 0.3 is 0 Å². The van der Waals surface area contributed by atoms with E-state index in [-0.39, 0.29) is 11.9 Å². The lowest BCUT2D eigenvalue weighted by atomic mass is 9.89. The van der Waals surface area contributed by atoms with Crippen LogP contribution in [0.2, 0.25) is 0 Å². The second-order valence-electron chi connectivity index (χ2n) is 7.38. The van der Waals surface area contributed by atoms with Gasteiger partial charge in [-0.05, 0) is 48.8 Å². The van der Waals surface area contributed by atoms with Gasteiger partial charge in [-0.25, -0.2) is 0 Å². The van der Waals surface area contributed by atoms with Crippen LogP contribution in [-0.4, -0.2) is 23.0 Å². The van der Waals surface area contributed by atoms with Crippen LogP contribution in [0.3, 0.4) is 0 Å². The molecular formula is C21H25N3O. The first kappa shape index (κ1) is 16.3. The van der Waals surface area contributed by atoms with Gasteiger partial charge in [0.2, 0.25) is 5.91 Å². The zero-order valence-electron chi connectivity index (χ0n) is 14.4. The number of hydrogen-bond acceptors (Lipinski definition) is 3. The first-order valence-corrected chi connectivity index (χ1v) is 9.28. The van der Waals surface area contributed by atoms with Crippen LogP contribution in [-0.2, 0) is 4.79 Å². The van der Waals surface area contributed by atoms with Crippen molar-refractivity contribution in [3.63, 3.8) is 0 Å². The molecule has 25 heavy (non-hydrogen) atoms. The number of pyridine rings is 1. The highest BCUT2D eigenvalue weighted by molar-refractivity contribution is 5.77. The lowest BCUT2D eigenvalue weighted by Gasteiger charge is -2.29. The van der Waals surface area contributed by atoms with Crippen LogP contribution in [0.25, 0.3) is 0 Å². The van der Waals surface area contributed by atoms with Gasteiger partial charge in [-0.2, -0.15) is 0 Å². The van der Waals surface area contributed by atoms with Crippen molar-refractivity contribution in [3.05, 3.63) is 66.0 Å². The van der Waals surface area contributed by atoms with Gasteiger partial charge in [0.1, 0.15) is 0 Å². The Bertz CT molecular complexity index is 652. The summed E-state index contributed by atoms with van der Waals surface area (Å²) in [6.45, 7) is 0. The highest BCUT2D eigenvalue weighted by Crippen LogP contribution is 2.33. The van der Waals surface area contributed by atoms with Gasteiger partial charge in [-0.1, -0.05) is 36.4 Å². The molecule has 4 rings (SSSR count). The molecule has 2 saturated heterocycles. The van der Waals surface area contributed by atoms with E-state index >= 15 is 0 Å². The van der Waals surface area contributed by atoms with E-state index in [1.54, 1.807) is 6.20 Å². The zero-order chi connectivity index (χ0) is 17.1. The van der Waals surface area contributed by atoms with Crippen LogP contribution in [0.1, 0.15) is 49.3 Å². The third-order valence-electron chi connectivity index (χ3n) is 5.50. The number of nitrogens with one attached hydrogen (secondary N) is 2. The van der Waals surface area contributed by atoms with Gasteiger partial charge in [-0.15, -0.1) is 0 Å². The summed E-state index contributed by atoms with van der Waals surface area (Å²) >= 11 is 0. The summed E-state index contributed by atoms with van der Waals surface area (Å²) < 4.78 is 0. The Kier molecular flexibility index (Phi) is 4.79. The summed E-state index contributed by atoms with van der Waals surface area (Å²) in [5.41, 5.74) is 2.11. The van der Waals surface area contributed by atoms with E-state index in [0.29, 0.717) is 24.4 Å². The molecule has 2 N–H and O–H groups in total. The third kappa shape index (κ3) is 3.90. The van der Waals surface area contributed by atoms with E-state index in [4.69, 9.17) is 0 Å². The molecule has 1 aromatic heterocycles. The van der Waals surface area contributed by atoms with Crippen molar-refractivity contribution in [1.82, 2.24) is 15.6 Å². The Morgan fingerprint density at radius 3 is 2.48 bits per heavy atom. The molecule has 0 spiro atoms. The summed E-state index contributed by atoms with van der Waals surface area (Å²) in [4.78, 5) is 17.0. The largest absolute Gasteiger partial charge is 0.345 e. The number of piperidine rings is 1. The Morgan fingerprint density at radius 1 is 1.08 bits per heavy atom. The molecule has 3 heterocycles. The van der Waals surface area contributed by atoms with E-state index in [1.807, 2.05) is 36.5 Å². The van der Waals surface area contributed by atoms with Crippen LogP contribution in [0.4, 0.5) is 0 Å².